The van der Waals surface area contributed by atoms with E-state index < -0.39 is 35.0 Å². The smallest absolute Gasteiger partial charge is 0.408 e. The normalized spacial score (nSPS) is 26.3. The lowest BCUT2D eigenvalue weighted by molar-refractivity contribution is -0.141. The fourth-order valence-corrected chi connectivity index (χ4v) is 1.77. The summed E-state index contributed by atoms with van der Waals surface area (Å²) in [4.78, 5) is 33.5. The van der Waals surface area contributed by atoms with Crippen LogP contribution in [-0.4, -0.2) is 34.2 Å². The molecule has 1 rings (SSSR count). The van der Waals surface area contributed by atoms with Crippen LogP contribution in [-0.2, 0) is 14.3 Å². The van der Waals surface area contributed by atoms with Gasteiger partial charge < -0.3 is 20.9 Å². The predicted octanol–water partition coefficient (Wildman–Crippen LogP) is 0.230. The minimum atomic E-state index is -1.42. The molecule has 2 unspecified atom stereocenters. The van der Waals surface area contributed by atoms with Crippen molar-refractivity contribution in [1.82, 2.24) is 5.32 Å². The lowest BCUT2D eigenvalue weighted by Crippen LogP contribution is -2.47. The van der Waals surface area contributed by atoms with Gasteiger partial charge in [-0.2, -0.15) is 0 Å². The molecule has 102 valence electrons. The fraction of sp³-hybridized carbons (Fsp3) is 0.727. The van der Waals surface area contributed by atoms with E-state index in [1.807, 2.05) is 0 Å². The minimum Gasteiger partial charge on any atom is -0.479 e. The van der Waals surface area contributed by atoms with Crippen molar-refractivity contribution in [3.05, 3.63) is 0 Å². The molecule has 0 aromatic heterocycles. The Labute approximate surface area is 105 Å². The van der Waals surface area contributed by atoms with Gasteiger partial charge in [-0.3, -0.25) is 4.79 Å². The van der Waals surface area contributed by atoms with Crippen LogP contribution in [0.4, 0.5) is 4.79 Å². The molecule has 7 nitrogen and oxygen atoms in total. The van der Waals surface area contributed by atoms with Crippen LogP contribution < -0.4 is 11.1 Å². The largest absolute Gasteiger partial charge is 0.479 e. The van der Waals surface area contributed by atoms with E-state index in [0.717, 1.165) is 0 Å². The van der Waals surface area contributed by atoms with Crippen molar-refractivity contribution in [2.75, 3.05) is 0 Å². The van der Waals surface area contributed by atoms with Gasteiger partial charge >= 0.3 is 12.1 Å². The molecule has 0 saturated heterocycles. The molecule has 1 aliphatic carbocycles. The number of carboxylic acid groups (broad SMARTS) is 1. The van der Waals surface area contributed by atoms with Crippen molar-refractivity contribution < 1.29 is 24.2 Å². The highest BCUT2D eigenvalue weighted by atomic mass is 16.6. The molecule has 1 fully saturated rings. The fourth-order valence-electron chi connectivity index (χ4n) is 1.77. The number of carboxylic acids is 1. The number of aliphatic carboxylic acids is 1. The first kappa shape index (κ1) is 14.3. The van der Waals surface area contributed by atoms with Crippen LogP contribution >= 0.6 is 0 Å². The molecular weight excluding hydrogens is 240 g/mol. The Balaban J connectivity index is 2.65. The lowest BCUT2D eigenvalue weighted by atomic mass is 10.1. The maximum absolute atomic E-state index is 11.5. The summed E-state index contributed by atoms with van der Waals surface area (Å²) in [5.41, 5.74) is 2.88. The molecule has 0 radical (unpaired) electrons. The standard InChI is InChI=1S/C11H18N2O5/c1-10(2,3)18-9(17)13-11(8(15)16)5-6(11)4-7(12)14/h6H,4-5H2,1-3H3,(H2,12,14)(H,13,17)(H,15,16). The quantitative estimate of drug-likeness (QED) is 0.667. The van der Waals surface area contributed by atoms with Crippen molar-refractivity contribution in [2.45, 2.75) is 44.8 Å². The van der Waals surface area contributed by atoms with Crippen LogP contribution in [0.5, 0.6) is 0 Å². The van der Waals surface area contributed by atoms with Gasteiger partial charge in [-0.1, -0.05) is 0 Å². The van der Waals surface area contributed by atoms with Gasteiger partial charge in [-0.15, -0.1) is 0 Å². The SMILES string of the molecule is CC(C)(C)OC(=O)NC1(C(=O)O)CC1CC(N)=O. The number of primary amides is 1. The molecule has 0 heterocycles. The van der Waals surface area contributed by atoms with Crippen molar-refractivity contribution in [3.63, 3.8) is 0 Å². The summed E-state index contributed by atoms with van der Waals surface area (Å²) in [6, 6.07) is 0. The zero-order chi connectivity index (χ0) is 14.1. The number of alkyl carbamates (subject to hydrolysis) is 1. The summed E-state index contributed by atoms with van der Waals surface area (Å²) >= 11 is 0. The number of carbonyl (C=O) groups is 3. The van der Waals surface area contributed by atoms with Gasteiger partial charge in [-0.05, 0) is 27.2 Å². The summed E-state index contributed by atoms with van der Waals surface area (Å²) in [7, 11) is 0. The molecular formula is C11H18N2O5. The Morgan fingerprint density at radius 2 is 2.00 bits per heavy atom. The Morgan fingerprint density at radius 3 is 2.39 bits per heavy atom. The molecule has 1 aliphatic rings. The summed E-state index contributed by atoms with van der Waals surface area (Å²) in [6.45, 7) is 5.02. The third kappa shape index (κ3) is 3.35. The van der Waals surface area contributed by atoms with Crippen molar-refractivity contribution in [3.8, 4) is 0 Å². The maximum Gasteiger partial charge on any atom is 0.408 e. The van der Waals surface area contributed by atoms with E-state index >= 15 is 0 Å². The van der Waals surface area contributed by atoms with Gasteiger partial charge in [0.25, 0.3) is 0 Å². The zero-order valence-electron chi connectivity index (χ0n) is 10.6. The van der Waals surface area contributed by atoms with E-state index in [0.29, 0.717) is 0 Å². The second-order valence-electron chi connectivity index (χ2n) is 5.47. The van der Waals surface area contributed by atoms with E-state index in [1.54, 1.807) is 20.8 Å². The van der Waals surface area contributed by atoms with E-state index in [9.17, 15) is 14.4 Å². The van der Waals surface area contributed by atoms with Gasteiger partial charge in [0.15, 0.2) is 0 Å². The molecule has 2 amide bonds. The Morgan fingerprint density at radius 1 is 1.44 bits per heavy atom. The van der Waals surface area contributed by atoms with Crippen molar-refractivity contribution >= 4 is 18.0 Å². The molecule has 0 bridgehead atoms. The van der Waals surface area contributed by atoms with Crippen molar-refractivity contribution in [2.24, 2.45) is 11.7 Å². The Kier molecular flexibility index (Phi) is 3.54. The Bertz CT molecular complexity index is 387. The van der Waals surface area contributed by atoms with E-state index in [4.69, 9.17) is 15.6 Å². The highest BCUT2D eigenvalue weighted by molar-refractivity contribution is 5.89. The van der Waals surface area contributed by atoms with Crippen LogP contribution in [0.1, 0.15) is 33.6 Å². The third-order valence-electron chi connectivity index (χ3n) is 2.66. The number of nitrogens with two attached hydrogens (primary N) is 1. The number of carbonyl (C=O) groups excluding carboxylic acids is 2. The number of amides is 2. The monoisotopic (exact) mass is 258 g/mol. The molecule has 1 saturated carbocycles. The van der Waals surface area contributed by atoms with E-state index in [-0.39, 0.29) is 12.8 Å². The average Bonchev–Trinajstić information content (AvgIpc) is 2.74. The summed E-state index contributed by atoms with van der Waals surface area (Å²) in [5.74, 6) is -2.24. The molecule has 2 atom stereocenters. The highest BCUT2D eigenvalue weighted by Crippen LogP contribution is 2.46. The second kappa shape index (κ2) is 4.47. The first-order valence-electron chi connectivity index (χ1n) is 5.60. The zero-order valence-corrected chi connectivity index (χ0v) is 10.6. The van der Waals surface area contributed by atoms with Gasteiger partial charge in [0.1, 0.15) is 11.1 Å². The van der Waals surface area contributed by atoms with Gasteiger partial charge in [0, 0.05) is 12.3 Å². The number of nitrogens with one attached hydrogen (secondary N) is 1. The lowest BCUT2D eigenvalue weighted by Gasteiger charge is -2.22. The predicted molar refractivity (Wildman–Crippen MR) is 61.7 cm³/mol. The molecule has 7 heteroatoms. The minimum absolute atomic E-state index is 0.0674. The van der Waals surface area contributed by atoms with Gasteiger partial charge in [0.05, 0.1) is 0 Å². The third-order valence-corrected chi connectivity index (χ3v) is 2.66. The molecule has 0 aliphatic heterocycles. The molecule has 18 heavy (non-hydrogen) atoms. The molecule has 0 aromatic carbocycles. The Hall–Kier alpha value is -1.79. The summed E-state index contributed by atoms with van der Waals surface area (Å²) in [5, 5.41) is 11.4. The number of rotatable bonds is 4. The molecule has 4 N–H and O–H groups in total. The van der Waals surface area contributed by atoms with Gasteiger partial charge in [0.2, 0.25) is 5.91 Å². The number of hydrogen-bond donors (Lipinski definition) is 3. The highest BCUT2D eigenvalue weighted by Gasteiger charge is 2.62. The number of ether oxygens (including phenoxy) is 1. The van der Waals surface area contributed by atoms with E-state index in [2.05, 4.69) is 5.32 Å². The molecule has 0 aromatic rings. The summed E-state index contributed by atoms with van der Waals surface area (Å²) < 4.78 is 4.99. The maximum atomic E-state index is 11.5. The average molecular weight is 258 g/mol. The summed E-state index contributed by atoms with van der Waals surface area (Å²) in [6.07, 6.45) is -0.691. The topological polar surface area (TPSA) is 119 Å². The van der Waals surface area contributed by atoms with Crippen LogP contribution in [0.25, 0.3) is 0 Å². The molecule has 0 spiro atoms. The first-order chi connectivity index (χ1) is 8.07. The van der Waals surface area contributed by atoms with Crippen LogP contribution in [0.15, 0.2) is 0 Å². The van der Waals surface area contributed by atoms with Gasteiger partial charge in [-0.25, -0.2) is 9.59 Å². The van der Waals surface area contributed by atoms with Crippen LogP contribution in [0.3, 0.4) is 0 Å². The van der Waals surface area contributed by atoms with E-state index in [1.165, 1.54) is 0 Å². The van der Waals surface area contributed by atoms with Crippen LogP contribution in [0.2, 0.25) is 0 Å². The van der Waals surface area contributed by atoms with Crippen molar-refractivity contribution in [1.29, 1.82) is 0 Å². The second-order valence-corrected chi connectivity index (χ2v) is 5.47. The van der Waals surface area contributed by atoms with Crippen LogP contribution in [0, 0.1) is 5.92 Å². The number of hydrogen-bond acceptors (Lipinski definition) is 4. The first-order valence-corrected chi connectivity index (χ1v) is 5.60.